The van der Waals surface area contributed by atoms with Crippen LogP contribution in [0.15, 0.2) is 107 Å². The van der Waals surface area contributed by atoms with Crippen LogP contribution in [0, 0.1) is 0 Å². The highest BCUT2D eigenvalue weighted by Gasteiger charge is 2.35. The van der Waals surface area contributed by atoms with E-state index in [2.05, 4.69) is 40.2 Å². The minimum Gasteiger partial charge on any atom is -0.350 e. The normalized spacial score (nSPS) is 19.4. The van der Waals surface area contributed by atoms with E-state index in [0.717, 1.165) is 49.6 Å². The van der Waals surface area contributed by atoms with Gasteiger partial charge in [-0.15, -0.1) is 0 Å². The van der Waals surface area contributed by atoms with Gasteiger partial charge in [0.2, 0.25) is 17.7 Å². The first-order valence-corrected chi connectivity index (χ1v) is 20.4. The predicted molar refractivity (Wildman–Crippen MR) is 222 cm³/mol. The topological polar surface area (TPSA) is 143 Å². The van der Waals surface area contributed by atoms with E-state index >= 15 is 0 Å². The Hall–Kier alpha value is -4.45. The number of carbonyl (C=O) groups is 3. The molecule has 0 aromatic heterocycles. The summed E-state index contributed by atoms with van der Waals surface area (Å²) in [6.45, 7) is 1.49. The molecule has 0 saturated carbocycles. The molecule has 0 spiro atoms. The van der Waals surface area contributed by atoms with Gasteiger partial charge in [0.25, 0.3) is 0 Å². The number of hydrogen-bond donors (Lipinski definition) is 5. The van der Waals surface area contributed by atoms with Crippen molar-refractivity contribution >= 4 is 46.7 Å². The summed E-state index contributed by atoms with van der Waals surface area (Å²) in [7, 11) is 1.67. The van der Waals surface area contributed by atoms with Crippen molar-refractivity contribution in [1.29, 1.82) is 0 Å². The molecule has 6 rings (SSSR count). The first kappa shape index (κ1) is 40.2. The average molecular weight is 779 g/mol. The average Bonchev–Trinajstić information content (AvgIpc) is 3.62. The molecule has 7 N–H and O–H groups in total. The lowest BCUT2D eigenvalue weighted by Crippen LogP contribution is -2.56. The number of halogens is 1. The van der Waals surface area contributed by atoms with Gasteiger partial charge in [0.05, 0.1) is 11.1 Å². The third kappa shape index (κ3) is 10.1. The third-order valence-corrected chi connectivity index (χ3v) is 12.2. The maximum absolute atomic E-state index is 14.6. The third-order valence-electron chi connectivity index (χ3n) is 10.4. The molecule has 0 bridgehead atoms. The quantitative estimate of drug-likeness (QED) is 0.117. The molecular formula is C44H51ClN6O3S. The van der Waals surface area contributed by atoms with Crippen LogP contribution >= 0.6 is 23.4 Å². The maximum atomic E-state index is 14.6. The van der Waals surface area contributed by atoms with Gasteiger partial charge < -0.3 is 32.3 Å². The summed E-state index contributed by atoms with van der Waals surface area (Å²) in [5, 5.41) is 10.3. The Balaban J connectivity index is 1.43. The monoisotopic (exact) mass is 778 g/mol. The highest BCUT2D eigenvalue weighted by molar-refractivity contribution is 7.99. The van der Waals surface area contributed by atoms with Gasteiger partial charge in [-0.1, -0.05) is 102 Å². The summed E-state index contributed by atoms with van der Waals surface area (Å²) in [6, 6.07) is 27.9. The molecule has 0 saturated heterocycles. The molecule has 0 fully saturated rings. The van der Waals surface area contributed by atoms with Crippen LogP contribution in [0.5, 0.6) is 0 Å². The van der Waals surface area contributed by atoms with Crippen LogP contribution in [0.1, 0.15) is 60.8 Å². The second kappa shape index (κ2) is 19.4. The molecule has 3 amide bonds. The van der Waals surface area contributed by atoms with Crippen LogP contribution in [-0.2, 0) is 33.9 Å². The Morgan fingerprint density at radius 1 is 0.764 bits per heavy atom. The standard InChI is InChI=1S/C44H51ClN6O3S/c1-51-39(26-31-21-20-30-14-5-7-16-35(30)31)43(53)49-28-34-24-33(29-12-3-2-4-13-29)25-36(45)41(34)55-40-19-8-6-15-32(40)27-48-37(18-11-23-47)42(52)50-38(44(51)54)17-9-10-22-46/h2-8,12-16,19,21,24-25,37-39,48H,9-11,17-18,20,22-23,26-28,46-47H2,1H3,(H,49,53)(H,50,52)/t37-,38-,39-/m0/s1. The van der Waals surface area contributed by atoms with Gasteiger partial charge in [0.15, 0.2) is 0 Å². The van der Waals surface area contributed by atoms with Crippen LogP contribution in [0.4, 0.5) is 0 Å². The number of unbranched alkanes of at least 4 members (excludes halogenated alkanes) is 1. The van der Waals surface area contributed by atoms with Gasteiger partial charge in [0, 0.05) is 36.3 Å². The number of nitrogens with zero attached hydrogens (tertiary/aromatic N) is 1. The van der Waals surface area contributed by atoms with Crippen LogP contribution in [-0.4, -0.2) is 60.9 Å². The molecule has 3 atom stereocenters. The Bertz CT molecular complexity index is 2010. The molecule has 11 heteroatoms. The zero-order valence-electron chi connectivity index (χ0n) is 31.4. The molecule has 1 aliphatic carbocycles. The van der Waals surface area contributed by atoms with Crippen molar-refractivity contribution in [2.45, 2.75) is 86.0 Å². The van der Waals surface area contributed by atoms with Gasteiger partial charge in [-0.2, -0.15) is 0 Å². The highest BCUT2D eigenvalue weighted by Crippen LogP contribution is 2.41. The summed E-state index contributed by atoms with van der Waals surface area (Å²) in [6.07, 6.45) is 6.07. The molecule has 0 radical (unpaired) electrons. The molecule has 4 aromatic rings. The largest absolute Gasteiger partial charge is 0.350 e. The van der Waals surface area contributed by atoms with Crippen molar-refractivity contribution in [1.82, 2.24) is 20.9 Å². The van der Waals surface area contributed by atoms with Gasteiger partial charge in [0.1, 0.15) is 12.1 Å². The first-order chi connectivity index (χ1) is 26.8. The second-order valence-corrected chi connectivity index (χ2v) is 15.7. The number of rotatable bonds is 10. The summed E-state index contributed by atoms with van der Waals surface area (Å²) in [5.74, 6) is -0.898. The number of benzene rings is 4. The van der Waals surface area contributed by atoms with E-state index in [4.69, 9.17) is 23.1 Å². The molecule has 55 heavy (non-hydrogen) atoms. The Morgan fingerprint density at radius 2 is 1.47 bits per heavy atom. The number of likely N-dealkylation sites (N-methyl/N-ethyl adjacent to an activating group) is 1. The van der Waals surface area contributed by atoms with Crippen molar-refractivity contribution in [2.75, 3.05) is 20.1 Å². The molecule has 288 valence electrons. The van der Waals surface area contributed by atoms with Gasteiger partial charge in [-0.25, -0.2) is 0 Å². The maximum Gasteiger partial charge on any atom is 0.245 e. The van der Waals surface area contributed by atoms with Gasteiger partial charge >= 0.3 is 0 Å². The number of nitrogens with one attached hydrogen (secondary N) is 3. The number of nitrogens with two attached hydrogens (primary N) is 2. The number of hydrogen-bond acceptors (Lipinski definition) is 7. The van der Waals surface area contributed by atoms with E-state index in [9.17, 15) is 14.4 Å². The molecule has 4 aromatic carbocycles. The van der Waals surface area contributed by atoms with Crippen molar-refractivity contribution in [3.05, 3.63) is 124 Å². The van der Waals surface area contributed by atoms with Gasteiger partial charge in [-0.05, 0) is 109 Å². The van der Waals surface area contributed by atoms with E-state index in [1.54, 1.807) is 7.05 Å². The molecule has 0 unspecified atom stereocenters. The Labute approximate surface area is 333 Å². The lowest BCUT2D eigenvalue weighted by molar-refractivity contribution is -0.142. The SMILES string of the molecule is CN1C(=O)[C@H](CCCCN)NC(=O)[C@H](CCCN)NCc2ccccc2Sc2c(Cl)cc(-c3ccccc3)cc2CNC(=O)[C@@H]1CC1=CCc2ccccc21. The van der Waals surface area contributed by atoms with E-state index in [0.29, 0.717) is 63.2 Å². The summed E-state index contributed by atoms with van der Waals surface area (Å²) in [5.41, 5.74) is 18.8. The summed E-state index contributed by atoms with van der Waals surface area (Å²) >= 11 is 8.67. The molecule has 1 heterocycles. The molecule has 2 aliphatic rings. The van der Waals surface area contributed by atoms with E-state index in [-0.39, 0.29) is 24.3 Å². The van der Waals surface area contributed by atoms with Crippen molar-refractivity contribution in [3.8, 4) is 11.1 Å². The van der Waals surface area contributed by atoms with Crippen LogP contribution in [0.2, 0.25) is 5.02 Å². The number of carbonyl (C=O) groups excluding carboxylic acids is 3. The molecule has 9 nitrogen and oxygen atoms in total. The molecule has 1 aliphatic heterocycles. The van der Waals surface area contributed by atoms with Crippen LogP contribution in [0.3, 0.4) is 0 Å². The van der Waals surface area contributed by atoms with Crippen molar-refractivity contribution in [2.24, 2.45) is 11.5 Å². The van der Waals surface area contributed by atoms with Crippen molar-refractivity contribution < 1.29 is 14.4 Å². The number of fused-ring (bicyclic) bond motifs is 3. The summed E-state index contributed by atoms with van der Waals surface area (Å²) in [4.78, 5) is 46.5. The first-order valence-electron chi connectivity index (χ1n) is 19.2. The minimum absolute atomic E-state index is 0.188. The molecular weight excluding hydrogens is 728 g/mol. The van der Waals surface area contributed by atoms with Crippen LogP contribution < -0.4 is 27.4 Å². The van der Waals surface area contributed by atoms with Crippen molar-refractivity contribution in [3.63, 3.8) is 0 Å². The highest BCUT2D eigenvalue weighted by atomic mass is 35.5. The minimum atomic E-state index is -0.856. The predicted octanol–water partition coefficient (Wildman–Crippen LogP) is 6.46. The zero-order chi connectivity index (χ0) is 38.7. The zero-order valence-corrected chi connectivity index (χ0v) is 32.9. The number of amides is 3. The Kier molecular flexibility index (Phi) is 14.2. The fourth-order valence-corrected chi connectivity index (χ4v) is 8.73. The Morgan fingerprint density at radius 3 is 2.25 bits per heavy atom. The lowest BCUT2D eigenvalue weighted by atomic mass is 9.97. The summed E-state index contributed by atoms with van der Waals surface area (Å²) < 4.78 is 0. The van der Waals surface area contributed by atoms with Gasteiger partial charge in [-0.3, -0.25) is 14.4 Å². The second-order valence-electron chi connectivity index (χ2n) is 14.2. The van der Waals surface area contributed by atoms with E-state index in [1.165, 1.54) is 22.2 Å². The lowest BCUT2D eigenvalue weighted by Gasteiger charge is -2.32. The van der Waals surface area contributed by atoms with E-state index < -0.39 is 18.1 Å². The fraction of sp³-hybridized carbons (Fsp3) is 0.341. The fourth-order valence-electron chi connectivity index (χ4n) is 7.32. The van der Waals surface area contributed by atoms with Crippen LogP contribution in [0.25, 0.3) is 16.7 Å². The number of allylic oxidation sites excluding steroid dienone is 1. The van der Waals surface area contributed by atoms with E-state index in [1.807, 2.05) is 72.8 Å². The smallest absolute Gasteiger partial charge is 0.245 e.